The summed E-state index contributed by atoms with van der Waals surface area (Å²) in [5.74, 6) is 0.828. The maximum Gasteiger partial charge on any atom is 0.0560 e. The molecule has 1 saturated carbocycles. The smallest absolute Gasteiger partial charge is 0.0560 e. The molecule has 0 aromatic heterocycles. The van der Waals surface area contributed by atoms with Crippen molar-refractivity contribution in [3.63, 3.8) is 0 Å². The monoisotopic (exact) mass is 222 g/mol. The molecule has 1 unspecified atom stereocenters. The summed E-state index contributed by atoms with van der Waals surface area (Å²) in [6, 6.07) is 9.88. The molecule has 0 spiro atoms. The van der Waals surface area contributed by atoms with Crippen LogP contribution in [0.3, 0.4) is 0 Å². The van der Waals surface area contributed by atoms with E-state index in [2.05, 4.69) is 6.92 Å². The van der Waals surface area contributed by atoms with Gasteiger partial charge in [-0.05, 0) is 43.7 Å². The minimum Gasteiger partial charge on any atom is -0.254 e. The largest absolute Gasteiger partial charge is 0.254 e. The third kappa shape index (κ3) is 2.69. The van der Waals surface area contributed by atoms with Gasteiger partial charge in [-0.15, -0.1) is 0 Å². The van der Waals surface area contributed by atoms with Gasteiger partial charge in [-0.2, -0.15) is 0 Å². The highest BCUT2D eigenvalue weighted by molar-refractivity contribution is 7.85. The Morgan fingerprint density at radius 2 is 1.67 bits per heavy atom. The van der Waals surface area contributed by atoms with Gasteiger partial charge >= 0.3 is 0 Å². The van der Waals surface area contributed by atoms with Gasteiger partial charge in [0.2, 0.25) is 0 Å². The van der Waals surface area contributed by atoms with Crippen molar-refractivity contribution >= 4 is 10.8 Å². The summed E-state index contributed by atoms with van der Waals surface area (Å²) in [6.07, 6.45) is 4.73. The Morgan fingerprint density at radius 1 is 1.07 bits per heavy atom. The second-order valence-electron chi connectivity index (χ2n) is 4.49. The lowest BCUT2D eigenvalue weighted by molar-refractivity contribution is 0.389. The molecule has 1 aliphatic carbocycles. The number of rotatable bonds is 2. The van der Waals surface area contributed by atoms with Crippen molar-refractivity contribution in [2.45, 2.75) is 42.8 Å². The second-order valence-corrected chi connectivity index (χ2v) is 6.23. The second kappa shape index (κ2) is 4.93. The van der Waals surface area contributed by atoms with E-state index in [1.807, 2.05) is 30.3 Å². The molecule has 1 aromatic carbocycles. The molecule has 15 heavy (non-hydrogen) atoms. The van der Waals surface area contributed by atoms with E-state index in [1.165, 1.54) is 12.8 Å². The Hall–Kier alpha value is -0.630. The van der Waals surface area contributed by atoms with Crippen molar-refractivity contribution in [1.82, 2.24) is 0 Å². The summed E-state index contributed by atoms with van der Waals surface area (Å²) in [4.78, 5) is 0.997. The predicted octanol–water partition coefficient (Wildman–Crippen LogP) is 3.37. The van der Waals surface area contributed by atoms with E-state index in [4.69, 9.17) is 0 Å². The third-order valence-electron chi connectivity index (χ3n) is 3.24. The van der Waals surface area contributed by atoms with Gasteiger partial charge in [0, 0.05) is 10.1 Å². The van der Waals surface area contributed by atoms with Crippen LogP contribution >= 0.6 is 0 Å². The molecule has 0 aliphatic heterocycles. The standard InChI is InChI=1S/C13H18OS/c1-11-7-9-13(10-8-11)15(14)12-5-3-2-4-6-12/h2-6,11,13H,7-10H2,1H3. The van der Waals surface area contributed by atoms with Crippen molar-refractivity contribution in [3.05, 3.63) is 30.3 Å². The first-order valence-corrected chi connectivity index (χ1v) is 6.94. The van der Waals surface area contributed by atoms with Gasteiger partial charge in [0.15, 0.2) is 0 Å². The van der Waals surface area contributed by atoms with Crippen LogP contribution in [0.5, 0.6) is 0 Å². The topological polar surface area (TPSA) is 17.1 Å². The molecule has 82 valence electrons. The predicted molar refractivity (Wildman–Crippen MR) is 64.3 cm³/mol. The fraction of sp³-hybridized carbons (Fsp3) is 0.538. The van der Waals surface area contributed by atoms with Crippen LogP contribution in [0.15, 0.2) is 35.2 Å². The van der Waals surface area contributed by atoms with E-state index in [0.29, 0.717) is 5.25 Å². The Balaban J connectivity index is 2.03. The van der Waals surface area contributed by atoms with Gasteiger partial charge < -0.3 is 0 Å². The summed E-state index contributed by atoms with van der Waals surface area (Å²) >= 11 is 0. The zero-order chi connectivity index (χ0) is 10.7. The van der Waals surface area contributed by atoms with Crippen molar-refractivity contribution in [3.8, 4) is 0 Å². The van der Waals surface area contributed by atoms with Gasteiger partial charge in [-0.1, -0.05) is 25.1 Å². The lowest BCUT2D eigenvalue weighted by Crippen LogP contribution is -2.22. The Bertz CT molecular complexity index is 326. The van der Waals surface area contributed by atoms with E-state index in [0.717, 1.165) is 23.7 Å². The van der Waals surface area contributed by atoms with Crippen LogP contribution in [-0.2, 0) is 10.8 Å². The van der Waals surface area contributed by atoms with E-state index in [1.54, 1.807) is 0 Å². The molecule has 2 rings (SSSR count). The molecule has 0 amide bonds. The quantitative estimate of drug-likeness (QED) is 0.750. The van der Waals surface area contributed by atoms with E-state index in [9.17, 15) is 4.21 Å². The highest BCUT2D eigenvalue weighted by Gasteiger charge is 2.23. The van der Waals surface area contributed by atoms with Crippen LogP contribution < -0.4 is 0 Å². The van der Waals surface area contributed by atoms with Gasteiger partial charge in [-0.25, -0.2) is 0 Å². The average molecular weight is 222 g/mol. The van der Waals surface area contributed by atoms with Crippen molar-refractivity contribution in [2.75, 3.05) is 0 Å². The maximum absolute atomic E-state index is 12.2. The highest BCUT2D eigenvalue weighted by atomic mass is 32.2. The Labute approximate surface area is 94.4 Å². The van der Waals surface area contributed by atoms with Crippen molar-refractivity contribution in [1.29, 1.82) is 0 Å². The molecule has 0 bridgehead atoms. The lowest BCUT2D eigenvalue weighted by atomic mass is 9.91. The number of hydrogen-bond acceptors (Lipinski definition) is 1. The maximum atomic E-state index is 12.2. The third-order valence-corrected chi connectivity index (χ3v) is 5.05. The van der Waals surface area contributed by atoms with Crippen LogP contribution in [0.25, 0.3) is 0 Å². The molecular weight excluding hydrogens is 204 g/mol. The first-order chi connectivity index (χ1) is 7.27. The van der Waals surface area contributed by atoms with E-state index < -0.39 is 10.8 Å². The minimum atomic E-state index is -0.785. The summed E-state index contributed by atoms with van der Waals surface area (Å²) in [6.45, 7) is 2.29. The fourth-order valence-corrected chi connectivity index (χ4v) is 3.70. The van der Waals surface area contributed by atoms with Gasteiger partial charge in [0.05, 0.1) is 10.8 Å². The Morgan fingerprint density at radius 3 is 2.27 bits per heavy atom. The van der Waals surface area contributed by atoms with E-state index >= 15 is 0 Å². The van der Waals surface area contributed by atoms with Crippen LogP contribution in [0.4, 0.5) is 0 Å². The van der Waals surface area contributed by atoms with E-state index in [-0.39, 0.29) is 0 Å². The molecule has 0 saturated heterocycles. The normalized spacial score (nSPS) is 28.6. The van der Waals surface area contributed by atoms with Crippen LogP contribution in [0.1, 0.15) is 32.6 Å². The van der Waals surface area contributed by atoms with Crippen molar-refractivity contribution < 1.29 is 4.21 Å². The summed E-state index contributed by atoms with van der Waals surface area (Å²) < 4.78 is 12.2. The zero-order valence-corrected chi connectivity index (χ0v) is 10.0. The van der Waals surface area contributed by atoms with Gasteiger partial charge in [-0.3, -0.25) is 4.21 Å². The van der Waals surface area contributed by atoms with Gasteiger partial charge in [0.1, 0.15) is 0 Å². The van der Waals surface area contributed by atoms with Crippen LogP contribution in [0, 0.1) is 5.92 Å². The zero-order valence-electron chi connectivity index (χ0n) is 9.19. The molecule has 1 aliphatic rings. The molecule has 2 heteroatoms. The molecule has 1 nitrogen and oxygen atoms in total. The number of hydrogen-bond donors (Lipinski definition) is 0. The molecule has 1 fully saturated rings. The SMILES string of the molecule is CC1CCC(S(=O)c2ccccc2)CC1. The Kier molecular flexibility index (Phi) is 3.57. The molecule has 0 N–H and O–H groups in total. The van der Waals surface area contributed by atoms with Crippen molar-refractivity contribution in [2.24, 2.45) is 5.92 Å². The average Bonchev–Trinajstić information content (AvgIpc) is 2.30. The molecule has 1 atom stereocenters. The summed E-state index contributed by atoms with van der Waals surface area (Å²) in [5.41, 5.74) is 0. The lowest BCUT2D eigenvalue weighted by Gasteiger charge is -2.25. The first kappa shape index (κ1) is 10.9. The molecule has 1 aromatic rings. The fourth-order valence-electron chi connectivity index (χ4n) is 2.19. The van der Waals surface area contributed by atoms with Crippen LogP contribution in [0.2, 0.25) is 0 Å². The number of benzene rings is 1. The molecular formula is C13H18OS. The molecule has 0 heterocycles. The summed E-state index contributed by atoms with van der Waals surface area (Å²) in [7, 11) is -0.785. The van der Waals surface area contributed by atoms with Gasteiger partial charge in [0.25, 0.3) is 0 Å². The minimum absolute atomic E-state index is 0.392. The first-order valence-electron chi connectivity index (χ1n) is 5.73. The summed E-state index contributed by atoms with van der Waals surface area (Å²) in [5, 5.41) is 0.392. The molecule has 0 radical (unpaired) electrons. The van der Waals surface area contributed by atoms with Crippen LogP contribution in [-0.4, -0.2) is 9.46 Å². The highest BCUT2D eigenvalue weighted by Crippen LogP contribution is 2.29.